The summed E-state index contributed by atoms with van der Waals surface area (Å²) in [6.07, 6.45) is 29.6. The zero-order chi connectivity index (χ0) is 23.9. The van der Waals surface area contributed by atoms with Crippen molar-refractivity contribution in [2.45, 2.75) is 115 Å². The van der Waals surface area contributed by atoms with E-state index in [1.54, 1.807) is 5.57 Å². The number of carbonyl (C=O) groups excluding carboxylic acids is 1. The molecule has 0 aromatic rings. The van der Waals surface area contributed by atoms with E-state index in [4.69, 9.17) is 0 Å². The van der Waals surface area contributed by atoms with Gasteiger partial charge in [-0.25, -0.2) is 0 Å². The first-order chi connectivity index (χ1) is 17.3. The number of nitrogens with zero attached hydrogens (tertiary/aromatic N) is 2. The van der Waals surface area contributed by atoms with Gasteiger partial charge < -0.3 is 0 Å². The number of carbonyl (C=O) groups is 1. The summed E-state index contributed by atoms with van der Waals surface area (Å²) in [4.78, 5) is 18.9. The first kappa shape index (κ1) is 25.7. The van der Waals surface area contributed by atoms with Crippen molar-refractivity contribution in [3.05, 3.63) is 23.8 Å². The quantitative estimate of drug-likeness (QED) is 0.343. The molecule has 0 saturated carbocycles. The minimum atomic E-state index is 0.319. The van der Waals surface area contributed by atoms with Gasteiger partial charge in [0, 0.05) is 38.0 Å². The van der Waals surface area contributed by atoms with E-state index in [1.165, 1.54) is 122 Å². The SMILES string of the molecule is O=C1CCN2CC[C@H]3C4C=C5CCCCCC[C@@H]1[C@H]2[C@H]3CCCCCC/C=C\CCCCN(C5)C4. The molecular formula is C32H52N2O. The smallest absolute Gasteiger partial charge is 0.138 e. The third kappa shape index (κ3) is 6.69. The van der Waals surface area contributed by atoms with Crippen molar-refractivity contribution in [1.82, 2.24) is 9.80 Å². The van der Waals surface area contributed by atoms with Crippen molar-refractivity contribution in [2.24, 2.45) is 23.7 Å². The van der Waals surface area contributed by atoms with Gasteiger partial charge in [0.05, 0.1) is 0 Å². The second-order valence-corrected chi connectivity index (χ2v) is 12.6. The van der Waals surface area contributed by atoms with Crippen LogP contribution < -0.4 is 0 Å². The average Bonchev–Trinajstić information content (AvgIpc) is 2.87. The van der Waals surface area contributed by atoms with Gasteiger partial charge in [-0.3, -0.25) is 14.6 Å². The molecule has 5 rings (SSSR count). The van der Waals surface area contributed by atoms with E-state index >= 15 is 0 Å². The van der Waals surface area contributed by atoms with Crippen LogP contribution in [0.2, 0.25) is 0 Å². The molecule has 35 heavy (non-hydrogen) atoms. The Balaban J connectivity index is 1.44. The summed E-state index contributed by atoms with van der Waals surface area (Å²) in [6.45, 7) is 6.04. The molecule has 0 aromatic carbocycles. The van der Waals surface area contributed by atoms with Gasteiger partial charge in [0.1, 0.15) is 5.78 Å². The van der Waals surface area contributed by atoms with Gasteiger partial charge in [-0.15, -0.1) is 0 Å². The minimum Gasteiger partial charge on any atom is -0.299 e. The van der Waals surface area contributed by atoms with Crippen molar-refractivity contribution in [3.8, 4) is 0 Å². The van der Waals surface area contributed by atoms with Crippen molar-refractivity contribution in [3.63, 3.8) is 0 Å². The summed E-state index contributed by atoms with van der Waals surface area (Å²) in [7, 11) is 0. The lowest BCUT2D eigenvalue weighted by atomic mass is 9.64. The highest BCUT2D eigenvalue weighted by Crippen LogP contribution is 2.45. The standard InChI is InChI=1S/C32H52N2O/c35-31-19-22-34-21-18-28-27-23-26-15-11-8-9-13-17-30(31)32(34)29(28)16-12-7-5-3-1-2-4-6-10-14-20-33(24-26)25-27/h2,4,23,27-30,32H,1,3,5-22,24-25H2/b4-2-/t27?,28-,29-,30-,32+/m0/s1. The number of allylic oxidation sites excluding steroid dienone is 2. The highest BCUT2D eigenvalue weighted by Gasteiger charge is 2.48. The second kappa shape index (κ2) is 13.0. The van der Waals surface area contributed by atoms with Crippen molar-refractivity contribution >= 4 is 5.78 Å². The van der Waals surface area contributed by atoms with Crippen LogP contribution in [0.15, 0.2) is 23.8 Å². The lowest BCUT2D eigenvalue weighted by Crippen LogP contribution is -2.59. The fourth-order valence-electron chi connectivity index (χ4n) is 8.44. The summed E-state index contributed by atoms with van der Waals surface area (Å²) < 4.78 is 0. The van der Waals surface area contributed by atoms with E-state index in [2.05, 4.69) is 28.0 Å². The van der Waals surface area contributed by atoms with Gasteiger partial charge >= 0.3 is 0 Å². The molecule has 196 valence electrons. The Labute approximate surface area is 215 Å². The number of hydrogen-bond acceptors (Lipinski definition) is 3. The summed E-state index contributed by atoms with van der Waals surface area (Å²) in [5.74, 6) is 3.13. The molecule has 6 atom stereocenters. The van der Waals surface area contributed by atoms with Crippen molar-refractivity contribution < 1.29 is 4.79 Å². The second-order valence-electron chi connectivity index (χ2n) is 12.6. The Kier molecular flexibility index (Phi) is 9.58. The van der Waals surface area contributed by atoms with E-state index in [0.717, 1.165) is 31.2 Å². The molecule has 6 bridgehead atoms. The summed E-state index contributed by atoms with van der Waals surface area (Å²) in [5.41, 5.74) is 1.75. The molecule has 2 fully saturated rings. The molecule has 0 amide bonds. The molecule has 0 aromatic heterocycles. The van der Waals surface area contributed by atoms with Crippen molar-refractivity contribution in [1.29, 1.82) is 0 Å². The molecule has 0 spiro atoms. The molecule has 3 nitrogen and oxygen atoms in total. The molecule has 5 aliphatic rings. The number of Topliss-reactive ketones (excluding diaryl/α,β-unsaturated/α-hetero) is 1. The van der Waals surface area contributed by atoms with Gasteiger partial charge in [0.25, 0.3) is 0 Å². The zero-order valence-electron chi connectivity index (χ0n) is 22.5. The number of fused-ring (bicyclic) bond motifs is 1. The molecular weight excluding hydrogens is 428 g/mol. The third-order valence-electron chi connectivity index (χ3n) is 10.2. The fourth-order valence-corrected chi connectivity index (χ4v) is 8.44. The van der Waals surface area contributed by atoms with Crippen LogP contribution >= 0.6 is 0 Å². The summed E-state index contributed by atoms with van der Waals surface area (Å²) in [5, 5.41) is 0. The normalized spacial score (nSPS) is 39.5. The monoisotopic (exact) mass is 480 g/mol. The lowest BCUT2D eigenvalue weighted by molar-refractivity contribution is -0.135. The zero-order valence-corrected chi connectivity index (χ0v) is 22.5. The minimum absolute atomic E-state index is 0.319. The number of ketones is 1. The predicted octanol–water partition coefficient (Wildman–Crippen LogP) is 7.18. The molecule has 0 N–H and O–H groups in total. The van der Waals surface area contributed by atoms with Crippen LogP contribution in [0, 0.1) is 23.7 Å². The lowest BCUT2D eigenvalue weighted by Gasteiger charge is -2.53. The number of piperidine rings is 2. The van der Waals surface area contributed by atoms with Crippen LogP contribution in [0.4, 0.5) is 0 Å². The first-order valence-corrected chi connectivity index (χ1v) is 15.6. The average molecular weight is 481 g/mol. The van der Waals surface area contributed by atoms with Crippen LogP contribution in [-0.2, 0) is 4.79 Å². The highest BCUT2D eigenvalue weighted by atomic mass is 16.1. The maximum Gasteiger partial charge on any atom is 0.138 e. The molecule has 3 heteroatoms. The summed E-state index contributed by atoms with van der Waals surface area (Å²) in [6, 6.07) is 0.535. The van der Waals surface area contributed by atoms with Crippen LogP contribution in [0.1, 0.15) is 109 Å². The first-order valence-electron chi connectivity index (χ1n) is 15.6. The third-order valence-corrected chi connectivity index (χ3v) is 10.2. The Morgan fingerprint density at radius 2 is 1.46 bits per heavy atom. The Hall–Kier alpha value is -0.930. The number of rotatable bonds is 0. The van der Waals surface area contributed by atoms with E-state index in [-0.39, 0.29) is 0 Å². The molecule has 4 aliphatic heterocycles. The molecule has 2 unspecified atom stereocenters. The summed E-state index contributed by atoms with van der Waals surface area (Å²) >= 11 is 0. The fraction of sp³-hybridized carbons (Fsp3) is 0.844. The van der Waals surface area contributed by atoms with Crippen LogP contribution in [0.3, 0.4) is 0 Å². The van der Waals surface area contributed by atoms with E-state index in [0.29, 0.717) is 23.7 Å². The van der Waals surface area contributed by atoms with Crippen LogP contribution in [0.5, 0.6) is 0 Å². The Morgan fingerprint density at radius 3 is 2.34 bits per heavy atom. The maximum atomic E-state index is 13.3. The van der Waals surface area contributed by atoms with Crippen LogP contribution in [0.25, 0.3) is 0 Å². The topological polar surface area (TPSA) is 23.6 Å². The van der Waals surface area contributed by atoms with Gasteiger partial charge in [0.2, 0.25) is 0 Å². The van der Waals surface area contributed by atoms with E-state index < -0.39 is 0 Å². The van der Waals surface area contributed by atoms with Crippen molar-refractivity contribution in [2.75, 3.05) is 32.7 Å². The molecule has 0 radical (unpaired) electrons. The van der Waals surface area contributed by atoms with E-state index in [1.807, 2.05) is 0 Å². The highest BCUT2D eigenvalue weighted by molar-refractivity contribution is 5.82. The molecule has 1 aliphatic carbocycles. The van der Waals surface area contributed by atoms with E-state index in [9.17, 15) is 4.79 Å². The predicted molar refractivity (Wildman–Crippen MR) is 146 cm³/mol. The Bertz CT molecular complexity index is 742. The van der Waals surface area contributed by atoms with Crippen LogP contribution in [-0.4, -0.2) is 54.3 Å². The Morgan fingerprint density at radius 1 is 0.686 bits per heavy atom. The van der Waals surface area contributed by atoms with Gasteiger partial charge in [0.15, 0.2) is 0 Å². The van der Waals surface area contributed by atoms with Gasteiger partial charge in [-0.05, 0) is 95.1 Å². The largest absolute Gasteiger partial charge is 0.299 e. The van der Waals surface area contributed by atoms with Gasteiger partial charge in [-0.1, -0.05) is 62.3 Å². The van der Waals surface area contributed by atoms with Gasteiger partial charge in [-0.2, -0.15) is 0 Å². The number of hydrogen-bond donors (Lipinski definition) is 0. The maximum absolute atomic E-state index is 13.3. The molecule has 4 heterocycles. The molecule has 2 saturated heterocycles.